The fourth-order valence-electron chi connectivity index (χ4n) is 2.35. The van der Waals surface area contributed by atoms with Gasteiger partial charge < -0.3 is 15.7 Å². The lowest BCUT2D eigenvalue weighted by Crippen LogP contribution is -2.35. The van der Waals surface area contributed by atoms with E-state index in [9.17, 15) is 9.90 Å². The van der Waals surface area contributed by atoms with Gasteiger partial charge in [-0.3, -0.25) is 4.79 Å². The van der Waals surface area contributed by atoms with Crippen LogP contribution >= 0.6 is 23.7 Å². The van der Waals surface area contributed by atoms with Crippen LogP contribution in [0.1, 0.15) is 36.3 Å². The second kappa shape index (κ2) is 10.5. The summed E-state index contributed by atoms with van der Waals surface area (Å²) in [5.74, 6) is 0.0294. The molecule has 0 bridgehead atoms. The van der Waals surface area contributed by atoms with Gasteiger partial charge in [0.05, 0.1) is 6.54 Å². The molecule has 0 radical (unpaired) electrons. The molecule has 0 aliphatic carbocycles. The number of benzene rings is 1. The summed E-state index contributed by atoms with van der Waals surface area (Å²) in [6, 6.07) is 13.6. The van der Waals surface area contributed by atoms with Crippen molar-refractivity contribution in [2.75, 3.05) is 6.54 Å². The fraction of sp³-hybridized carbons (Fsp3) is 0.389. The first-order valence-electron chi connectivity index (χ1n) is 7.85. The Hall–Kier alpha value is -1.40. The number of amides is 1. The number of hydrogen-bond donors (Lipinski definition) is 2. The molecular weight excluding hydrogens is 344 g/mol. The Morgan fingerprint density at radius 3 is 2.54 bits per heavy atom. The van der Waals surface area contributed by atoms with Crippen molar-refractivity contribution in [3.63, 3.8) is 0 Å². The van der Waals surface area contributed by atoms with E-state index in [4.69, 9.17) is 5.73 Å². The topological polar surface area (TPSA) is 66.6 Å². The highest BCUT2D eigenvalue weighted by Crippen LogP contribution is 2.21. The zero-order chi connectivity index (χ0) is 16.7. The van der Waals surface area contributed by atoms with Crippen molar-refractivity contribution in [3.8, 4) is 0 Å². The number of aliphatic hydroxyl groups is 1. The van der Waals surface area contributed by atoms with Crippen LogP contribution in [-0.4, -0.2) is 28.5 Å². The molecule has 24 heavy (non-hydrogen) atoms. The Kier molecular flexibility index (Phi) is 9.00. The first-order chi connectivity index (χ1) is 11.1. The second-order valence-corrected chi connectivity index (χ2v) is 6.79. The number of carbonyl (C=O) groups is 1. The van der Waals surface area contributed by atoms with Gasteiger partial charge in [-0.2, -0.15) is 0 Å². The highest BCUT2D eigenvalue weighted by Gasteiger charge is 2.19. The lowest BCUT2D eigenvalue weighted by Gasteiger charge is -2.25. The molecular formula is C18H25ClN2O2S. The number of thiophene rings is 1. The minimum absolute atomic E-state index is 0. The summed E-state index contributed by atoms with van der Waals surface area (Å²) in [5.41, 5.74) is 6.81. The van der Waals surface area contributed by atoms with Crippen molar-refractivity contribution in [2.24, 2.45) is 5.73 Å². The van der Waals surface area contributed by atoms with E-state index in [-0.39, 0.29) is 24.4 Å². The molecule has 0 aliphatic rings. The van der Waals surface area contributed by atoms with Gasteiger partial charge in [-0.05, 0) is 30.4 Å². The normalized spacial score (nSPS) is 13.0. The summed E-state index contributed by atoms with van der Waals surface area (Å²) in [7, 11) is 0. The summed E-state index contributed by atoms with van der Waals surface area (Å²) < 4.78 is 0. The van der Waals surface area contributed by atoms with Gasteiger partial charge in [0.1, 0.15) is 6.10 Å². The van der Waals surface area contributed by atoms with Crippen molar-refractivity contribution < 1.29 is 9.90 Å². The summed E-state index contributed by atoms with van der Waals surface area (Å²) in [6.45, 7) is 2.70. The number of rotatable bonds is 8. The van der Waals surface area contributed by atoms with Crippen LogP contribution in [0.4, 0.5) is 0 Å². The SMILES string of the molecule is CC(N)CCC(=O)N(Cc1ccccc1)CC(O)c1cccs1.Cl. The van der Waals surface area contributed by atoms with Gasteiger partial charge in [-0.15, -0.1) is 23.7 Å². The summed E-state index contributed by atoms with van der Waals surface area (Å²) in [4.78, 5) is 15.1. The Morgan fingerprint density at radius 1 is 1.25 bits per heavy atom. The van der Waals surface area contributed by atoms with E-state index in [1.54, 1.807) is 4.90 Å². The molecule has 1 aromatic heterocycles. The van der Waals surface area contributed by atoms with E-state index in [1.165, 1.54) is 11.3 Å². The monoisotopic (exact) mass is 368 g/mol. The third-order valence-electron chi connectivity index (χ3n) is 3.65. The number of halogens is 1. The van der Waals surface area contributed by atoms with E-state index >= 15 is 0 Å². The molecule has 3 N–H and O–H groups in total. The molecule has 1 amide bonds. The maximum Gasteiger partial charge on any atom is 0.223 e. The van der Waals surface area contributed by atoms with Crippen LogP contribution in [0.3, 0.4) is 0 Å². The van der Waals surface area contributed by atoms with Gasteiger partial charge in [0.15, 0.2) is 0 Å². The lowest BCUT2D eigenvalue weighted by atomic mass is 10.1. The minimum Gasteiger partial charge on any atom is -0.386 e. The van der Waals surface area contributed by atoms with Crippen molar-refractivity contribution >= 4 is 29.7 Å². The summed E-state index contributed by atoms with van der Waals surface area (Å²) >= 11 is 1.50. The Labute approximate surface area is 153 Å². The molecule has 0 saturated carbocycles. The van der Waals surface area contributed by atoms with E-state index in [2.05, 4.69) is 0 Å². The zero-order valence-corrected chi connectivity index (χ0v) is 15.4. The Balaban J connectivity index is 0.00000288. The molecule has 4 nitrogen and oxygen atoms in total. The minimum atomic E-state index is -0.655. The van der Waals surface area contributed by atoms with Gasteiger partial charge in [-0.1, -0.05) is 36.4 Å². The molecule has 2 atom stereocenters. The van der Waals surface area contributed by atoms with Gasteiger partial charge in [0.2, 0.25) is 5.91 Å². The lowest BCUT2D eigenvalue weighted by molar-refractivity contribution is -0.133. The smallest absolute Gasteiger partial charge is 0.223 e. The van der Waals surface area contributed by atoms with E-state index in [0.29, 0.717) is 25.9 Å². The first kappa shape index (κ1) is 20.6. The highest BCUT2D eigenvalue weighted by molar-refractivity contribution is 7.10. The van der Waals surface area contributed by atoms with E-state index in [1.807, 2.05) is 54.8 Å². The van der Waals surface area contributed by atoms with Crippen molar-refractivity contribution in [3.05, 3.63) is 58.3 Å². The van der Waals surface area contributed by atoms with Crippen LogP contribution in [0, 0.1) is 0 Å². The molecule has 2 rings (SSSR count). The standard InChI is InChI=1S/C18H24N2O2S.ClH/c1-14(19)9-10-18(22)20(12-15-6-3-2-4-7-15)13-16(21)17-8-5-11-23-17;/h2-8,11,14,16,21H,9-10,12-13,19H2,1H3;1H. The third-order valence-corrected chi connectivity index (χ3v) is 4.62. The van der Waals surface area contributed by atoms with Crippen molar-refractivity contribution in [2.45, 2.75) is 38.5 Å². The van der Waals surface area contributed by atoms with Gasteiger partial charge in [0, 0.05) is 23.9 Å². The average molecular weight is 369 g/mol. The second-order valence-electron chi connectivity index (χ2n) is 5.81. The van der Waals surface area contributed by atoms with Gasteiger partial charge in [-0.25, -0.2) is 0 Å². The highest BCUT2D eigenvalue weighted by atomic mass is 35.5. The van der Waals surface area contributed by atoms with Crippen LogP contribution in [0.2, 0.25) is 0 Å². The van der Waals surface area contributed by atoms with Crippen molar-refractivity contribution in [1.82, 2.24) is 4.90 Å². The van der Waals surface area contributed by atoms with Crippen LogP contribution < -0.4 is 5.73 Å². The first-order valence-corrected chi connectivity index (χ1v) is 8.73. The Bertz CT molecular complexity index is 590. The maximum absolute atomic E-state index is 12.5. The number of hydrogen-bond acceptors (Lipinski definition) is 4. The number of nitrogens with zero attached hydrogens (tertiary/aromatic N) is 1. The molecule has 0 aliphatic heterocycles. The quantitative estimate of drug-likeness (QED) is 0.750. The predicted molar refractivity (Wildman–Crippen MR) is 101 cm³/mol. The number of aliphatic hydroxyl groups excluding tert-OH is 1. The van der Waals surface area contributed by atoms with Gasteiger partial charge in [0.25, 0.3) is 0 Å². The molecule has 0 spiro atoms. The van der Waals surface area contributed by atoms with Crippen molar-refractivity contribution in [1.29, 1.82) is 0 Å². The van der Waals surface area contributed by atoms with Crippen LogP contribution in [0.5, 0.6) is 0 Å². The van der Waals surface area contributed by atoms with Crippen LogP contribution in [0.15, 0.2) is 47.8 Å². The van der Waals surface area contributed by atoms with E-state index in [0.717, 1.165) is 10.4 Å². The van der Waals surface area contributed by atoms with Crippen LogP contribution in [0.25, 0.3) is 0 Å². The molecule has 0 saturated heterocycles. The maximum atomic E-state index is 12.5. The number of nitrogens with two attached hydrogens (primary N) is 1. The van der Waals surface area contributed by atoms with Gasteiger partial charge >= 0.3 is 0 Å². The average Bonchev–Trinajstić information content (AvgIpc) is 3.07. The molecule has 2 unspecified atom stereocenters. The summed E-state index contributed by atoms with van der Waals surface area (Å²) in [6.07, 6.45) is 0.402. The molecule has 0 fully saturated rings. The van der Waals surface area contributed by atoms with Crippen LogP contribution in [-0.2, 0) is 11.3 Å². The fourth-order valence-corrected chi connectivity index (χ4v) is 3.05. The molecule has 2 aromatic rings. The Morgan fingerprint density at radius 2 is 1.96 bits per heavy atom. The largest absolute Gasteiger partial charge is 0.386 e. The number of carbonyl (C=O) groups excluding carboxylic acids is 1. The molecule has 1 heterocycles. The zero-order valence-electron chi connectivity index (χ0n) is 13.8. The predicted octanol–water partition coefficient (Wildman–Crippen LogP) is 3.36. The van der Waals surface area contributed by atoms with E-state index < -0.39 is 6.10 Å². The molecule has 132 valence electrons. The third kappa shape index (κ3) is 6.61. The molecule has 1 aromatic carbocycles. The summed E-state index contributed by atoms with van der Waals surface area (Å²) in [5, 5.41) is 12.3. The molecule has 6 heteroatoms.